The third kappa shape index (κ3) is 2.95. The molecule has 5 nitrogen and oxygen atoms in total. The minimum atomic E-state index is -3.51. The van der Waals surface area contributed by atoms with Crippen LogP contribution < -0.4 is 0 Å². The van der Waals surface area contributed by atoms with Gasteiger partial charge in [0, 0.05) is 12.6 Å². The van der Waals surface area contributed by atoms with E-state index in [0.29, 0.717) is 23.9 Å². The highest BCUT2D eigenvalue weighted by Gasteiger charge is 2.40. The van der Waals surface area contributed by atoms with E-state index in [9.17, 15) is 8.42 Å². The first-order valence-corrected chi connectivity index (χ1v) is 8.47. The molecule has 1 aromatic heterocycles. The van der Waals surface area contributed by atoms with Crippen LogP contribution in [0.5, 0.6) is 0 Å². The Hall–Kier alpha value is -0.590. The van der Waals surface area contributed by atoms with Crippen LogP contribution >= 0.6 is 11.6 Å². The summed E-state index contributed by atoms with van der Waals surface area (Å²) in [5.41, 5.74) is 0.971. The van der Waals surface area contributed by atoms with Crippen LogP contribution in [0.25, 0.3) is 0 Å². The molecule has 0 unspecified atom stereocenters. The van der Waals surface area contributed by atoms with Crippen LogP contribution in [0.3, 0.4) is 0 Å². The molecule has 7 heteroatoms. The van der Waals surface area contributed by atoms with Gasteiger partial charge in [0.2, 0.25) is 10.0 Å². The number of aryl methyl sites for hydroxylation is 1. The molecule has 0 amide bonds. The number of aromatic amines is 1. The van der Waals surface area contributed by atoms with Gasteiger partial charge in [-0.15, -0.1) is 11.6 Å². The minimum absolute atomic E-state index is 0.0963. The third-order valence-electron chi connectivity index (χ3n) is 3.15. The Kier molecular flexibility index (Phi) is 4.23. The van der Waals surface area contributed by atoms with Crippen molar-refractivity contribution in [2.24, 2.45) is 5.92 Å². The zero-order valence-corrected chi connectivity index (χ0v) is 13.1. The van der Waals surface area contributed by atoms with Gasteiger partial charge in [0.15, 0.2) is 0 Å². The van der Waals surface area contributed by atoms with E-state index >= 15 is 0 Å². The van der Waals surface area contributed by atoms with Crippen molar-refractivity contribution in [1.82, 2.24) is 14.5 Å². The van der Waals surface area contributed by atoms with Crippen molar-refractivity contribution in [3.63, 3.8) is 0 Å². The first-order valence-electron chi connectivity index (χ1n) is 6.49. The van der Waals surface area contributed by atoms with Gasteiger partial charge in [0.1, 0.15) is 4.90 Å². The van der Waals surface area contributed by atoms with Gasteiger partial charge in [-0.05, 0) is 25.7 Å². The van der Waals surface area contributed by atoms with E-state index in [4.69, 9.17) is 11.6 Å². The molecule has 0 saturated heterocycles. The van der Waals surface area contributed by atoms with Crippen molar-refractivity contribution in [3.8, 4) is 0 Å². The van der Waals surface area contributed by atoms with Gasteiger partial charge in [-0.2, -0.15) is 9.40 Å². The van der Waals surface area contributed by atoms with Crippen molar-refractivity contribution < 1.29 is 8.42 Å². The minimum Gasteiger partial charge on any atom is -0.281 e. The lowest BCUT2D eigenvalue weighted by molar-refractivity contribution is 0.359. The Bertz CT molecular complexity index is 549. The summed E-state index contributed by atoms with van der Waals surface area (Å²) in [4.78, 5) is 0.259. The highest BCUT2D eigenvalue weighted by Crippen LogP contribution is 2.34. The lowest BCUT2D eigenvalue weighted by Gasteiger charge is -2.23. The Labute approximate surface area is 119 Å². The molecule has 1 heterocycles. The predicted octanol–water partition coefficient (Wildman–Crippen LogP) is 2.27. The molecule has 0 spiro atoms. The van der Waals surface area contributed by atoms with E-state index in [2.05, 4.69) is 10.2 Å². The number of hydrogen-bond donors (Lipinski definition) is 1. The second-order valence-electron chi connectivity index (χ2n) is 5.46. The van der Waals surface area contributed by atoms with Crippen molar-refractivity contribution in [2.75, 3.05) is 6.54 Å². The molecule has 0 radical (unpaired) electrons. The van der Waals surface area contributed by atoms with Crippen LogP contribution in [0.1, 0.15) is 38.1 Å². The average molecular weight is 306 g/mol. The molecule has 1 saturated carbocycles. The molecule has 0 atom stereocenters. The fourth-order valence-electron chi connectivity index (χ4n) is 2.19. The monoisotopic (exact) mass is 305 g/mol. The van der Waals surface area contributed by atoms with Crippen LogP contribution in [-0.2, 0) is 15.9 Å². The molecule has 1 fully saturated rings. The van der Waals surface area contributed by atoms with Crippen molar-refractivity contribution >= 4 is 21.6 Å². The molecular formula is C12H20ClN3O2S. The number of H-pyrrole nitrogens is 1. The largest absolute Gasteiger partial charge is 0.281 e. The normalized spacial score (nSPS) is 16.5. The topological polar surface area (TPSA) is 66.1 Å². The first kappa shape index (κ1) is 14.8. The zero-order chi connectivity index (χ0) is 14.2. The smallest absolute Gasteiger partial charge is 0.247 e. The van der Waals surface area contributed by atoms with E-state index in [1.54, 1.807) is 11.2 Å². The Balaban J connectivity index is 2.41. The van der Waals surface area contributed by atoms with Gasteiger partial charge in [-0.3, -0.25) is 5.10 Å². The number of halogens is 1. The van der Waals surface area contributed by atoms with Crippen LogP contribution in [0.4, 0.5) is 0 Å². The summed E-state index contributed by atoms with van der Waals surface area (Å²) in [7, 11) is -3.51. The molecule has 1 aromatic rings. The maximum atomic E-state index is 12.8. The van der Waals surface area contributed by atoms with Crippen molar-refractivity contribution in [3.05, 3.63) is 11.4 Å². The summed E-state index contributed by atoms with van der Waals surface area (Å²) in [6, 6.07) is 0.143. The molecule has 2 rings (SSSR count). The SMILES string of the molecule is Cc1[nH]nc(CCl)c1S(=O)(=O)N(CC(C)C)C1CC1. The molecule has 108 valence electrons. The number of rotatable bonds is 6. The number of nitrogens with one attached hydrogen (secondary N) is 1. The van der Waals surface area contributed by atoms with Crippen LogP contribution in [0, 0.1) is 12.8 Å². The van der Waals surface area contributed by atoms with Gasteiger partial charge in [0.25, 0.3) is 0 Å². The van der Waals surface area contributed by atoms with Crippen LogP contribution in [0.15, 0.2) is 4.90 Å². The predicted molar refractivity (Wildman–Crippen MR) is 74.6 cm³/mol. The molecule has 1 aliphatic rings. The lowest BCUT2D eigenvalue weighted by Crippen LogP contribution is -2.36. The molecule has 19 heavy (non-hydrogen) atoms. The zero-order valence-electron chi connectivity index (χ0n) is 11.5. The summed E-state index contributed by atoms with van der Waals surface area (Å²) in [5.74, 6) is 0.390. The van der Waals surface area contributed by atoms with Crippen molar-refractivity contribution in [2.45, 2.75) is 50.4 Å². The fraction of sp³-hybridized carbons (Fsp3) is 0.750. The van der Waals surface area contributed by atoms with Gasteiger partial charge < -0.3 is 0 Å². The number of nitrogens with zero attached hydrogens (tertiary/aromatic N) is 2. The number of sulfonamides is 1. The summed E-state index contributed by atoms with van der Waals surface area (Å²) in [5, 5.41) is 6.70. The summed E-state index contributed by atoms with van der Waals surface area (Å²) in [6.07, 6.45) is 1.89. The Morgan fingerprint density at radius 3 is 2.58 bits per heavy atom. The first-order chi connectivity index (χ1) is 8.87. The van der Waals surface area contributed by atoms with E-state index in [1.807, 2.05) is 13.8 Å². The van der Waals surface area contributed by atoms with Gasteiger partial charge >= 0.3 is 0 Å². The van der Waals surface area contributed by atoms with Gasteiger partial charge in [-0.25, -0.2) is 8.42 Å². The van der Waals surface area contributed by atoms with E-state index < -0.39 is 10.0 Å². The second kappa shape index (κ2) is 5.42. The standard InChI is InChI=1S/C12H20ClN3O2S/c1-8(2)7-16(10-4-5-10)19(17,18)12-9(3)14-15-11(12)6-13/h8,10H,4-7H2,1-3H3,(H,14,15). The summed E-state index contributed by atoms with van der Waals surface area (Å²) in [6.45, 7) is 6.31. The fourth-order valence-corrected chi connectivity index (χ4v) is 4.64. The quantitative estimate of drug-likeness (QED) is 0.820. The number of hydrogen-bond acceptors (Lipinski definition) is 3. The Morgan fingerprint density at radius 2 is 2.11 bits per heavy atom. The maximum absolute atomic E-state index is 12.8. The highest BCUT2D eigenvalue weighted by molar-refractivity contribution is 7.89. The Morgan fingerprint density at radius 1 is 1.47 bits per heavy atom. The second-order valence-corrected chi connectivity index (χ2v) is 7.55. The highest BCUT2D eigenvalue weighted by atomic mass is 35.5. The maximum Gasteiger partial charge on any atom is 0.247 e. The molecule has 0 bridgehead atoms. The summed E-state index contributed by atoms with van der Waals surface area (Å²) < 4.78 is 27.3. The van der Waals surface area contributed by atoms with E-state index in [1.165, 1.54) is 0 Å². The van der Waals surface area contributed by atoms with Crippen molar-refractivity contribution in [1.29, 1.82) is 0 Å². The molecule has 0 aliphatic heterocycles. The van der Waals surface area contributed by atoms with E-state index in [-0.39, 0.29) is 16.8 Å². The molecule has 1 N–H and O–H groups in total. The average Bonchev–Trinajstić information content (AvgIpc) is 3.08. The van der Waals surface area contributed by atoms with Gasteiger partial charge in [-0.1, -0.05) is 13.8 Å². The van der Waals surface area contributed by atoms with E-state index in [0.717, 1.165) is 12.8 Å². The lowest BCUT2D eigenvalue weighted by atomic mass is 10.2. The van der Waals surface area contributed by atoms with Gasteiger partial charge in [0.05, 0.1) is 17.3 Å². The number of aromatic nitrogens is 2. The summed E-state index contributed by atoms with van der Waals surface area (Å²) >= 11 is 5.79. The molecule has 1 aliphatic carbocycles. The molecular weight excluding hydrogens is 286 g/mol. The number of alkyl halides is 1. The van der Waals surface area contributed by atoms with Crippen LogP contribution in [-0.4, -0.2) is 35.5 Å². The third-order valence-corrected chi connectivity index (χ3v) is 5.53. The molecule has 0 aromatic carbocycles. The van der Waals surface area contributed by atoms with Crippen LogP contribution in [0.2, 0.25) is 0 Å².